The average molecular weight is 338 g/mol. The minimum Gasteiger partial charge on any atom is -0.329 e. The molecule has 1 saturated heterocycles. The smallest absolute Gasteiger partial charge is 0.246 e. The summed E-state index contributed by atoms with van der Waals surface area (Å²) in [6.07, 6.45) is 0. The van der Waals surface area contributed by atoms with Gasteiger partial charge in [0.2, 0.25) is 10.0 Å². The van der Waals surface area contributed by atoms with Gasteiger partial charge in [-0.25, -0.2) is 8.42 Å². The van der Waals surface area contributed by atoms with Crippen molar-refractivity contribution in [1.29, 1.82) is 0 Å². The summed E-state index contributed by atoms with van der Waals surface area (Å²) in [4.78, 5) is 2.14. The van der Waals surface area contributed by atoms with Crippen LogP contribution in [-0.2, 0) is 10.0 Å². The zero-order chi connectivity index (χ0) is 14.8. The molecule has 20 heavy (non-hydrogen) atoms. The van der Waals surface area contributed by atoms with E-state index in [2.05, 4.69) is 4.90 Å². The van der Waals surface area contributed by atoms with Gasteiger partial charge in [-0.2, -0.15) is 4.31 Å². The fourth-order valence-corrected chi connectivity index (χ4v) is 4.75. The quantitative estimate of drug-likeness (QED) is 0.898. The lowest BCUT2D eigenvalue weighted by atomic mass is 10.3. The predicted molar refractivity (Wildman–Crippen MR) is 80.7 cm³/mol. The van der Waals surface area contributed by atoms with Crippen LogP contribution in [0, 0.1) is 0 Å². The van der Waals surface area contributed by atoms with E-state index in [0.29, 0.717) is 32.7 Å². The number of nitrogens with zero attached hydrogens (tertiary/aromatic N) is 2. The number of nitrogens with two attached hydrogens (primary N) is 1. The van der Waals surface area contributed by atoms with Gasteiger partial charge in [0.1, 0.15) is 4.90 Å². The van der Waals surface area contributed by atoms with Crippen molar-refractivity contribution in [2.24, 2.45) is 5.73 Å². The Morgan fingerprint density at radius 3 is 2.15 bits per heavy atom. The molecule has 0 amide bonds. The Labute approximate surface area is 129 Å². The highest BCUT2D eigenvalue weighted by Crippen LogP contribution is 2.31. The van der Waals surface area contributed by atoms with Crippen molar-refractivity contribution in [2.45, 2.75) is 4.90 Å². The highest BCUT2D eigenvalue weighted by molar-refractivity contribution is 7.89. The Morgan fingerprint density at radius 1 is 1.10 bits per heavy atom. The number of rotatable bonds is 4. The second-order valence-electron chi connectivity index (χ2n) is 4.59. The Balaban J connectivity index is 2.20. The average Bonchev–Trinajstić information content (AvgIpc) is 2.39. The summed E-state index contributed by atoms with van der Waals surface area (Å²) in [6, 6.07) is 4.69. The lowest BCUT2D eigenvalue weighted by Gasteiger charge is -2.33. The van der Waals surface area contributed by atoms with Crippen LogP contribution in [0.3, 0.4) is 0 Å². The second kappa shape index (κ2) is 6.60. The van der Waals surface area contributed by atoms with E-state index in [1.54, 1.807) is 6.07 Å². The molecular weight excluding hydrogens is 321 g/mol. The first kappa shape index (κ1) is 16.0. The van der Waals surface area contributed by atoms with Crippen LogP contribution in [0.4, 0.5) is 0 Å². The zero-order valence-electron chi connectivity index (χ0n) is 10.9. The molecule has 0 bridgehead atoms. The molecule has 2 rings (SSSR count). The summed E-state index contributed by atoms with van der Waals surface area (Å²) in [5.41, 5.74) is 5.50. The van der Waals surface area contributed by atoms with Crippen LogP contribution in [0.5, 0.6) is 0 Å². The molecule has 0 unspecified atom stereocenters. The Bertz CT molecular complexity index is 552. The van der Waals surface area contributed by atoms with E-state index in [9.17, 15) is 8.42 Å². The minimum atomic E-state index is -3.65. The van der Waals surface area contributed by atoms with Crippen LogP contribution in [0.2, 0.25) is 10.0 Å². The molecule has 1 heterocycles. The molecule has 2 N–H and O–H groups in total. The van der Waals surface area contributed by atoms with Crippen LogP contribution >= 0.6 is 23.2 Å². The number of halogens is 2. The fraction of sp³-hybridized carbons (Fsp3) is 0.500. The van der Waals surface area contributed by atoms with Crippen molar-refractivity contribution in [1.82, 2.24) is 9.21 Å². The molecule has 1 aliphatic heterocycles. The van der Waals surface area contributed by atoms with Crippen LogP contribution in [0.25, 0.3) is 0 Å². The molecule has 0 aromatic heterocycles. The maximum atomic E-state index is 12.6. The van der Waals surface area contributed by atoms with Gasteiger partial charge in [-0.15, -0.1) is 0 Å². The van der Waals surface area contributed by atoms with E-state index in [-0.39, 0.29) is 14.9 Å². The molecule has 0 radical (unpaired) electrons. The van der Waals surface area contributed by atoms with Gasteiger partial charge in [0.05, 0.1) is 10.0 Å². The van der Waals surface area contributed by atoms with Gasteiger partial charge in [-0.3, -0.25) is 4.90 Å². The number of hydrogen-bond donors (Lipinski definition) is 1. The SMILES string of the molecule is NCCN1CCN(S(=O)(=O)c2c(Cl)cccc2Cl)CC1. The second-order valence-corrected chi connectivity index (χ2v) is 7.27. The van der Waals surface area contributed by atoms with Crippen molar-refractivity contribution in [3.05, 3.63) is 28.2 Å². The van der Waals surface area contributed by atoms with Crippen molar-refractivity contribution in [2.75, 3.05) is 39.3 Å². The van der Waals surface area contributed by atoms with E-state index in [1.165, 1.54) is 16.4 Å². The summed E-state index contributed by atoms with van der Waals surface area (Å²) in [6.45, 7) is 3.52. The highest BCUT2D eigenvalue weighted by Gasteiger charge is 2.31. The summed E-state index contributed by atoms with van der Waals surface area (Å²) in [5.74, 6) is 0. The Hall–Kier alpha value is -0.370. The van der Waals surface area contributed by atoms with Gasteiger partial charge >= 0.3 is 0 Å². The third-order valence-electron chi connectivity index (χ3n) is 3.29. The molecule has 0 aliphatic carbocycles. The van der Waals surface area contributed by atoms with Crippen molar-refractivity contribution in [3.8, 4) is 0 Å². The summed E-state index contributed by atoms with van der Waals surface area (Å²) in [7, 11) is -3.65. The zero-order valence-corrected chi connectivity index (χ0v) is 13.3. The molecule has 1 fully saturated rings. The number of benzene rings is 1. The summed E-state index contributed by atoms with van der Waals surface area (Å²) in [5, 5.41) is 0.309. The number of piperazine rings is 1. The molecule has 0 atom stereocenters. The Kier molecular flexibility index (Phi) is 5.28. The van der Waals surface area contributed by atoms with Crippen LogP contribution in [0.15, 0.2) is 23.1 Å². The molecule has 5 nitrogen and oxygen atoms in total. The van der Waals surface area contributed by atoms with Crippen molar-refractivity contribution >= 4 is 33.2 Å². The molecule has 1 aliphatic rings. The maximum absolute atomic E-state index is 12.6. The van der Waals surface area contributed by atoms with E-state index < -0.39 is 10.0 Å². The minimum absolute atomic E-state index is 0.00407. The number of hydrogen-bond acceptors (Lipinski definition) is 4. The fourth-order valence-electron chi connectivity index (χ4n) is 2.23. The molecule has 0 spiro atoms. The monoisotopic (exact) mass is 337 g/mol. The van der Waals surface area contributed by atoms with Gasteiger partial charge in [0.25, 0.3) is 0 Å². The van der Waals surface area contributed by atoms with Crippen molar-refractivity contribution < 1.29 is 8.42 Å². The summed E-state index contributed by atoms with van der Waals surface area (Å²) >= 11 is 12.0. The molecule has 1 aromatic carbocycles. The van der Waals surface area contributed by atoms with Gasteiger partial charge in [-0.1, -0.05) is 29.3 Å². The van der Waals surface area contributed by atoms with E-state index >= 15 is 0 Å². The molecule has 8 heteroatoms. The standard InChI is InChI=1S/C12H17Cl2N3O2S/c13-10-2-1-3-11(14)12(10)20(18,19)17-8-6-16(5-4-15)7-9-17/h1-3H,4-9,15H2. The highest BCUT2D eigenvalue weighted by atomic mass is 35.5. The largest absolute Gasteiger partial charge is 0.329 e. The first-order valence-electron chi connectivity index (χ1n) is 6.33. The van der Waals surface area contributed by atoms with Crippen molar-refractivity contribution in [3.63, 3.8) is 0 Å². The molecule has 1 aromatic rings. The summed E-state index contributed by atoms with van der Waals surface area (Å²) < 4.78 is 26.6. The Morgan fingerprint density at radius 2 is 1.65 bits per heavy atom. The molecule has 112 valence electrons. The van der Waals surface area contributed by atoms with E-state index in [0.717, 1.165) is 6.54 Å². The van der Waals surface area contributed by atoms with Crippen LogP contribution in [-0.4, -0.2) is 56.9 Å². The van der Waals surface area contributed by atoms with Crippen LogP contribution in [0.1, 0.15) is 0 Å². The normalized spacial score (nSPS) is 18.4. The lowest BCUT2D eigenvalue weighted by Crippen LogP contribution is -2.49. The first-order chi connectivity index (χ1) is 9.46. The predicted octanol–water partition coefficient (Wildman–Crippen LogP) is 1.26. The van der Waals surface area contributed by atoms with Gasteiger partial charge < -0.3 is 5.73 Å². The van der Waals surface area contributed by atoms with Crippen LogP contribution < -0.4 is 5.73 Å². The number of sulfonamides is 1. The third-order valence-corrected chi connectivity index (χ3v) is 6.15. The lowest BCUT2D eigenvalue weighted by molar-refractivity contribution is 0.192. The van der Waals surface area contributed by atoms with E-state index in [1.807, 2.05) is 0 Å². The third kappa shape index (κ3) is 3.27. The first-order valence-corrected chi connectivity index (χ1v) is 8.53. The van der Waals surface area contributed by atoms with Gasteiger partial charge in [0, 0.05) is 39.3 Å². The molecular formula is C12H17Cl2N3O2S. The van der Waals surface area contributed by atoms with Gasteiger partial charge in [0.15, 0.2) is 0 Å². The van der Waals surface area contributed by atoms with Gasteiger partial charge in [-0.05, 0) is 12.1 Å². The maximum Gasteiger partial charge on any atom is 0.246 e. The van der Waals surface area contributed by atoms with E-state index in [4.69, 9.17) is 28.9 Å². The topological polar surface area (TPSA) is 66.6 Å². The molecule has 0 saturated carbocycles.